The molecule has 2 heterocycles. The SMILES string of the molecule is Cn1cc(Nc2ncc([N+](=O)[O-])cn2)cn1. The molecule has 0 aliphatic rings. The number of nitro groups is 1. The first-order valence-corrected chi connectivity index (χ1v) is 4.37. The van der Waals surface area contributed by atoms with Gasteiger partial charge in [0.05, 0.1) is 16.8 Å². The van der Waals surface area contributed by atoms with Crippen LogP contribution in [0, 0.1) is 10.1 Å². The van der Waals surface area contributed by atoms with Gasteiger partial charge in [-0.3, -0.25) is 14.8 Å². The lowest BCUT2D eigenvalue weighted by molar-refractivity contribution is -0.385. The van der Waals surface area contributed by atoms with Crippen LogP contribution >= 0.6 is 0 Å². The fraction of sp³-hybridized carbons (Fsp3) is 0.125. The maximum atomic E-state index is 10.4. The summed E-state index contributed by atoms with van der Waals surface area (Å²) in [5, 5.41) is 17.2. The molecule has 16 heavy (non-hydrogen) atoms. The zero-order valence-electron chi connectivity index (χ0n) is 8.36. The normalized spacial score (nSPS) is 10.1. The summed E-state index contributed by atoms with van der Waals surface area (Å²) in [4.78, 5) is 17.4. The van der Waals surface area contributed by atoms with Crippen molar-refractivity contribution in [2.45, 2.75) is 0 Å². The molecule has 0 saturated carbocycles. The standard InChI is InChI=1S/C8H8N6O2/c1-13-5-6(2-11-13)12-8-9-3-7(4-10-8)14(15)16/h2-5H,1H3,(H,9,10,12). The van der Waals surface area contributed by atoms with Crippen molar-refractivity contribution >= 4 is 17.3 Å². The van der Waals surface area contributed by atoms with Crippen molar-refractivity contribution in [3.63, 3.8) is 0 Å². The maximum absolute atomic E-state index is 10.4. The van der Waals surface area contributed by atoms with Gasteiger partial charge in [0.2, 0.25) is 5.95 Å². The van der Waals surface area contributed by atoms with Crippen LogP contribution in [0.1, 0.15) is 0 Å². The third-order valence-corrected chi connectivity index (χ3v) is 1.81. The molecule has 0 amide bonds. The van der Waals surface area contributed by atoms with Crippen molar-refractivity contribution in [3.8, 4) is 0 Å². The molecule has 0 aliphatic heterocycles. The predicted molar refractivity (Wildman–Crippen MR) is 55.2 cm³/mol. The molecule has 0 bridgehead atoms. The first-order valence-electron chi connectivity index (χ1n) is 4.37. The van der Waals surface area contributed by atoms with Crippen LogP contribution in [0.4, 0.5) is 17.3 Å². The number of nitrogens with zero attached hydrogens (tertiary/aromatic N) is 5. The predicted octanol–water partition coefficient (Wildman–Crippen LogP) is 0.862. The molecule has 2 aromatic heterocycles. The Balaban J connectivity index is 2.14. The zero-order chi connectivity index (χ0) is 11.5. The Morgan fingerprint density at radius 1 is 1.38 bits per heavy atom. The van der Waals surface area contributed by atoms with Gasteiger partial charge in [0.15, 0.2) is 0 Å². The Kier molecular flexibility index (Phi) is 2.46. The van der Waals surface area contributed by atoms with Gasteiger partial charge in [-0.05, 0) is 0 Å². The largest absolute Gasteiger partial charge is 0.321 e. The van der Waals surface area contributed by atoms with E-state index < -0.39 is 4.92 Å². The highest BCUT2D eigenvalue weighted by atomic mass is 16.6. The molecule has 2 rings (SSSR count). The van der Waals surface area contributed by atoms with Crippen molar-refractivity contribution in [1.82, 2.24) is 19.7 Å². The molecule has 0 unspecified atom stereocenters. The number of aromatic nitrogens is 4. The van der Waals surface area contributed by atoms with Crippen molar-refractivity contribution < 1.29 is 4.92 Å². The van der Waals surface area contributed by atoms with Crippen LogP contribution in [0.2, 0.25) is 0 Å². The monoisotopic (exact) mass is 220 g/mol. The average molecular weight is 220 g/mol. The molecule has 8 heteroatoms. The Bertz CT molecular complexity index is 506. The van der Waals surface area contributed by atoms with E-state index >= 15 is 0 Å². The van der Waals surface area contributed by atoms with E-state index in [2.05, 4.69) is 20.4 Å². The van der Waals surface area contributed by atoms with Crippen LogP contribution in [-0.4, -0.2) is 24.7 Å². The summed E-state index contributed by atoms with van der Waals surface area (Å²) in [5.41, 5.74) is 0.577. The molecule has 0 saturated heterocycles. The Hall–Kier alpha value is -2.51. The quantitative estimate of drug-likeness (QED) is 0.608. The molecule has 0 radical (unpaired) electrons. The summed E-state index contributed by atoms with van der Waals surface area (Å²) in [6.07, 6.45) is 5.63. The molecular weight excluding hydrogens is 212 g/mol. The molecule has 8 nitrogen and oxygen atoms in total. The number of rotatable bonds is 3. The van der Waals surface area contributed by atoms with Crippen molar-refractivity contribution in [3.05, 3.63) is 34.9 Å². The van der Waals surface area contributed by atoms with Gasteiger partial charge in [-0.2, -0.15) is 5.10 Å². The van der Waals surface area contributed by atoms with Gasteiger partial charge < -0.3 is 5.32 Å². The van der Waals surface area contributed by atoms with Gasteiger partial charge in [0.25, 0.3) is 0 Å². The van der Waals surface area contributed by atoms with Gasteiger partial charge in [0.1, 0.15) is 12.4 Å². The summed E-state index contributed by atoms with van der Waals surface area (Å²) in [6.45, 7) is 0. The molecule has 2 aromatic rings. The van der Waals surface area contributed by atoms with Crippen molar-refractivity contribution in [2.24, 2.45) is 7.05 Å². The second-order valence-corrected chi connectivity index (χ2v) is 3.05. The fourth-order valence-corrected chi connectivity index (χ4v) is 1.09. The second-order valence-electron chi connectivity index (χ2n) is 3.05. The molecular formula is C8H8N6O2. The highest BCUT2D eigenvalue weighted by Gasteiger charge is 2.06. The molecule has 0 fully saturated rings. The Labute approximate surface area is 90.1 Å². The first-order chi connectivity index (χ1) is 7.65. The third-order valence-electron chi connectivity index (χ3n) is 1.81. The van der Waals surface area contributed by atoms with Crippen LogP contribution in [0.15, 0.2) is 24.8 Å². The van der Waals surface area contributed by atoms with E-state index in [0.29, 0.717) is 5.95 Å². The van der Waals surface area contributed by atoms with E-state index in [4.69, 9.17) is 0 Å². The van der Waals surface area contributed by atoms with E-state index in [1.807, 2.05) is 0 Å². The molecule has 82 valence electrons. The van der Waals surface area contributed by atoms with Crippen LogP contribution in [0.5, 0.6) is 0 Å². The van der Waals surface area contributed by atoms with Crippen LogP contribution in [0.3, 0.4) is 0 Å². The third kappa shape index (κ3) is 2.11. The minimum Gasteiger partial charge on any atom is -0.321 e. The topological polar surface area (TPSA) is 98.8 Å². The minimum atomic E-state index is -0.548. The maximum Gasteiger partial charge on any atom is 0.305 e. The minimum absolute atomic E-state index is 0.142. The van der Waals surface area contributed by atoms with Crippen LogP contribution < -0.4 is 5.32 Å². The van der Waals surface area contributed by atoms with Crippen LogP contribution in [0.25, 0.3) is 0 Å². The summed E-state index contributed by atoms with van der Waals surface area (Å²) < 4.78 is 1.62. The molecule has 0 atom stereocenters. The van der Waals surface area contributed by atoms with Gasteiger partial charge in [-0.1, -0.05) is 0 Å². The van der Waals surface area contributed by atoms with Crippen molar-refractivity contribution in [2.75, 3.05) is 5.32 Å². The Morgan fingerprint density at radius 3 is 2.56 bits per heavy atom. The lowest BCUT2D eigenvalue weighted by Gasteiger charge is -1.99. The van der Waals surface area contributed by atoms with Crippen LogP contribution in [-0.2, 0) is 7.05 Å². The van der Waals surface area contributed by atoms with E-state index in [0.717, 1.165) is 18.1 Å². The lowest BCUT2D eigenvalue weighted by atomic mass is 10.5. The molecule has 1 N–H and O–H groups in total. The molecule has 0 aliphatic carbocycles. The van der Waals surface area contributed by atoms with E-state index in [1.54, 1.807) is 24.1 Å². The Morgan fingerprint density at radius 2 is 2.06 bits per heavy atom. The smallest absolute Gasteiger partial charge is 0.305 e. The fourth-order valence-electron chi connectivity index (χ4n) is 1.09. The number of hydrogen-bond acceptors (Lipinski definition) is 6. The zero-order valence-corrected chi connectivity index (χ0v) is 8.36. The van der Waals surface area contributed by atoms with Gasteiger partial charge >= 0.3 is 5.69 Å². The van der Waals surface area contributed by atoms with E-state index in [1.165, 1.54) is 0 Å². The van der Waals surface area contributed by atoms with Crippen molar-refractivity contribution in [1.29, 1.82) is 0 Å². The number of anilines is 2. The number of aryl methyl sites for hydroxylation is 1. The summed E-state index contributed by atoms with van der Waals surface area (Å²) in [7, 11) is 1.78. The van der Waals surface area contributed by atoms with E-state index in [-0.39, 0.29) is 5.69 Å². The summed E-state index contributed by atoms with van der Waals surface area (Å²) in [6, 6.07) is 0. The van der Waals surface area contributed by atoms with Gasteiger partial charge in [-0.15, -0.1) is 0 Å². The van der Waals surface area contributed by atoms with E-state index in [9.17, 15) is 10.1 Å². The average Bonchev–Trinajstić information content (AvgIpc) is 2.65. The summed E-state index contributed by atoms with van der Waals surface area (Å²) >= 11 is 0. The lowest BCUT2D eigenvalue weighted by Crippen LogP contribution is -1.97. The highest BCUT2D eigenvalue weighted by molar-refractivity contribution is 5.50. The number of hydrogen-bond donors (Lipinski definition) is 1. The number of nitrogens with one attached hydrogen (secondary N) is 1. The highest BCUT2D eigenvalue weighted by Crippen LogP contribution is 2.12. The summed E-state index contributed by atoms with van der Waals surface area (Å²) in [5.74, 6) is 0.290. The second kappa shape index (κ2) is 3.93. The molecule has 0 aromatic carbocycles. The van der Waals surface area contributed by atoms with Gasteiger partial charge in [0, 0.05) is 13.2 Å². The first kappa shape index (κ1) is 10.0. The van der Waals surface area contributed by atoms with Gasteiger partial charge in [-0.25, -0.2) is 9.97 Å². The molecule has 0 spiro atoms.